The van der Waals surface area contributed by atoms with Crippen molar-refractivity contribution in [3.8, 4) is 0 Å². The van der Waals surface area contributed by atoms with E-state index in [-0.39, 0.29) is 31.8 Å². The van der Waals surface area contributed by atoms with Gasteiger partial charge in [0.15, 0.2) is 6.10 Å². The molecule has 0 fully saturated rings. The zero-order valence-corrected chi connectivity index (χ0v) is 26.5. The minimum atomic E-state index is -0.758. The molecular formula is C33H67NO6. The summed E-state index contributed by atoms with van der Waals surface area (Å²) in [7, 11) is 0. The summed E-state index contributed by atoms with van der Waals surface area (Å²) in [5.74, 6) is -0.586. The van der Waals surface area contributed by atoms with E-state index >= 15 is 0 Å². The maximum Gasteiger partial charge on any atom is 0.306 e. The summed E-state index contributed by atoms with van der Waals surface area (Å²) in [5, 5.41) is 17.2. The zero-order valence-electron chi connectivity index (χ0n) is 26.5. The average molecular weight is 574 g/mol. The number of esters is 2. The number of hydrogen-bond acceptors (Lipinski definition) is 7. The molecule has 0 aliphatic rings. The van der Waals surface area contributed by atoms with E-state index in [1.165, 1.54) is 103 Å². The Kier molecular flexibility index (Phi) is 36.7. The standard InChI is InChI=1S/C31H60O5.C2H7NO/c1-3-5-7-9-11-13-15-17-19-21-23-25-30(33)35-28-29(27-32)36-31(34)26-24-22-20-18-16-14-12-10-8-6-4-2;3-1-2-4/h29,32H,3-28H2,1-2H3;4H,1-3H2/t29-;/m0./s1. The minimum absolute atomic E-state index is 0.0582. The van der Waals surface area contributed by atoms with Crippen LogP contribution in [0, 0.1) is 0 Å². The predicted molar refractivity (Wildman–Crippen MR) is 166 cm³/mol. The van der Waals surface area contributed by atoms with E-state index in [4.69, 9.17) is 20.3 Å². The number of aliphatic hydroxyl groups excluding tert-OH is 2. The van der Waals surface area contributed by atoms with Gasteiger partial charge in [-0.25, -0.2) is 0 Å². The van der Waals surface area contributed by atoms with Gasteiger partial charge in [0.1, 0.15) is 6.61 Å². The van der Waals surface area contributed by atoms with E-state index in [0.717, 1.165) is 38.5 Å². The molecule has 0 aliphatic carbocycles. The predicted octanol–water partition coefficient (Wildman–Crippen LogP) is 7.77. The second-order valence-electron chi connectivity index (χ2n) is 11.1. The number of nitrogens with two attached hydrogens (primary N) is 1. The van der Waals surface area contributed by atoms with E-state index in [2.05, 4.69) is 13.8 Å². The molecule has 7 heteroatoms. The summed E-state index contributed by atoms with van der Waals surface area (Å²) in [6.07, 6.45) is 27.2. The lowest BCUT2D eigenvalue weighted by molar-refractivity contribution is -0.161. The number of aliphatic hydroxyl groups is 2. The molecule has 0 aliphatic heterocycles. The van der Waals surface area contributed by atoms with Crippen LogP contribution in [-0.2, 0) is 19.1 Å². The molecule has 0 radical (unpaired) electrons. The van der Waals surface area contributed by atoms with Crippen LogP contribution < -0.4 is 5.73 Å². The Labute approximate surface area is 247 Å². The average Bonchev–Trinajstić information content (AvgIpc) is 2.96. The monoisotopic (exact) mass is 573 g/mol. The molecule has 0 aromatic rings. The molecule has 0 saturated heterocycles. The van der Waals surface area contributed by atoms with Crippen LogP contribution in [0.3, 0.4) is 0 Å². The summed E-state index contributed by atoms with van der Waals surface area (Å²) < 4.78 is 10.5. The largest absolute Gasteiger partial charge is 0.462 e. The van der Waals surface area contributed by atoms with Crippen molar-refractivity contribution in [1.29, 1.82) is 0 Å². The Morgan fingerprint density at radius 3 is 1.23 bits per heavy atom. The van der Waals surface area contributed by atoms with E-state index < -0.39 is 6.10 Å². The summed E-state index contributed by atoms with van der Waals surface area (Å²) in [6, 6.07) is 0. The number of hydrogen-bond donors (Lipinski definition) is 3. The van der Waals surface area contributed by atoms with Crippen molar-refractivity contribution in [2.45, 2.75) is 174 Å². The Morgan fingerprint density at radius 1 is 0.575 bits per heavy atom. The number of carbonyl (C=O) groups excluding carboxylic acids is 2. The van der Waals surface area contributed by atoms with Gasteiger partial charge >= 0.3 is 11.9 Å². The number of ether oxygens (including phenoxy) is 2. The lowest BCUT2D eigenvalue weighted by Crippen LogP contribution is -2.28. The Hall–Kier alpha value is -1.18. The third-order valence-corrected chi connectivity index (χ3v) is 7.03. The lowest BCUT2D eigenvalue weighted by Gasteiger charge is -2.15. The second kappa shape index (κ2) is 35.8. The van der Waals surface area contributed by atoms with Crippen molar-refractivity contribution in [2.24, 2.45) is 5.73 Å². The maximum atomic E-state index is 12.0. The van der Waals surface area contributed by atoms with Gasteiger partial charge in [-0.2, -0.15) is 0 Å². The molecule has 4 N–H and O–H groups in total. The molecule has 0 saturated carbocycles. The van der Waals surface area contributed by atoms with Crippen LogP contribution in [0.2, 0.25) is 0 Å². The first-order valence-electron chi connectivity index (χ1n) is 16.8. The van der Waals surface area contributed by atoms with Crippen LogP contribution in [-0.4, -0.2) is 54.6 Å². The third-order valence-electron chi connectivity index (χ3n) is 7.03. The Bertz CT molecular complexity index is 515. The third kappa shape index (κ3) is 34.8. The first-order valence-corrected chi connectivity index (χ1v) is 16.8. The summed E-state index contributed by atoms with van der Waals surface area (Å²) in [6.45, 7) is 4.58. The van der Waals surface area contributed by atoms with Crippen molar-refractivity contribution in [3.63, 3.8) is 0 Å². The van der Waals surface area contributed by atoms with E-state index in [1.807, 2.05) is 0 Å². The van der Waals surface area contributed by atoms with E-state index in [9.17, 15) is 14.7 Å². The summed E-state index contributed by atoms with van der Waals surface area (Å²) in [4.78, 5) is 24.0. The number of carbonyl (C=O) groups is 2. The minimum Gasteiger partial charge on any atom is -0.462 e. The molecular weight excluding hydrogens is 506 g/mol. The number of unbranched alkanes of at least 4 members (excludes halogenated alkanes) is 20. The number of rotatable bonds is 29. The maximum absolute atomic E-state index is 12.0. The Morgan fingerprint density at radius 2 is 0.900 bits per heavy atom. The normalized spacial score (nSPS) is 11.5. The van der Waals surface area contributed by atoms with Gasteiger partial charge in [-0.1, -0.05) is 142 Å². The van der Waals surface area contributed by atoms with Gasteiger partial charge in [0.2, 0.25) is 0 Å². The summed E-state index contributed by atoms with van der Waals surface area (Å²) in [5.41, 5.74) is 4.78. The van der Waals surface area contributed by atoms with Crippen molar-refractivity contribution in [2.75, 3.05) is 26.4 Å². The van der Waals surface area contributed by atoms with Crippen molar-refractivity contribution in [3.05, 3.63) is 0 Å². The SMILES string of the molecule is CCCCCCCCCCCCCC(=O)OC[C@H](CO)OC(=O)CCCCCCCCCCCCC.NCCO. The molecule has 0 aromatic heterocycles. The quantitative estimate of drug-likeness (QED) is 0.0617. The fourth-order valence-corrected chi connectivity index (χ4v) is 4.49. The van der Waals surface area contributed by atoms with Gasteiger partial charge < -0.3 is 25.4 Å². The van der Waals surface area contributed by atoms with Crippen molar-refractivity contribution in [1.82, 2.24) is 0 Å². The molecule has 0 heterocycles. The molecule has 0 amide bonds. The molecule has 240 valence electrons. The molecule has 0 rings (SSSR count). The lowest BCUT2D eigenvalue weighted by atomic mass is 10.1. The molecule has 0 aromatic carbocycles. The highest BCUT2D eigenvalue weighted by Gasteiger charge is 2.16. The van der Waals surface area contributed by atoms with Crippen LogP contribution in [0.15, 0.2) is 0 Å². The van der Waals surface area contributed by atoms with E-state index in [1.54, 1.807) is 0 Å². The highest BCUT2D eigenvalue weighted by Crippen LogP contribution is 2.14. The fraction of sp³-hybridized carbons (Fsp3) is 0.939. The van der Waals surface area contributed by atoms with Crippen LogP contribution in [0.5, 0.6) is 0 Å². The molecule has 7 nitrogen and oxygen atoms in total. The fourth-order valence-electron chi connectivity index (χ4n) is 4.49. The highest BCUT2D eigenvalue weighted by atomic mass is 16.6. The second-order valence-corrected chi connectivity index (χ2v) is 11.1. The van der Waals surface area contributed by atoms with Gasteiger partial charge in [-0.05, 0) is 12.8 Å². The van der Waals surface area contributed by atoms with Gasteiger partial charge in [-0.15, -0.1) is 0 Å². The van der Waals surface area contributed by atoms with Gasteiger partial charge in [0, 0.05) is 19.4 Å². The molecule has 0 bridgehead atoms. The highest BCUT2D eigenvalue weighted by molar-refractivity contribution is 5.70. The van der Waals surface area contributed by atoms with Gasteiger partial charge in [-0.3, -0.25) is 9.59 Å². The summed E-state index contributed by atoms with van der Waals surface area (Å²) >= 11 is 0. The van der Waals surface area contributed by atoms with Gasteiger partial charge in [0.05, 0.1) is 13.2 Å². The molecule has 0 unspecified atom stereocenters. The molecule has 0 spiro atoms. The molecule has 40 heavy (non-hydrogen) atoms. The topological polar surface area (TPSA) is 119 Å². The van der Waals surface area contributed by atoms with E-state index in [0.29, 0.717) is 19.4 Å². The first-order chi connectivity index (χ1) is 19.5. The van der Waals surface area contributed by atoms with Crippen LogP contribution in [0.25, 0.3) is 0 Å². The van der Waals surface area contributed by atoms with Crippen LogP contribution in [0.1, 0.15) is 168 Å². The van der Waals surface area contributed by atoms with Crippen LogP contribution >= 0.6 is 0 Å². The van der Waals surface area contributed by atoms with Crippen molar-refractivity contribution >= 4 is 11.9 Å². The first kappa shape index (κ1) is 41.0. The van der Waals surface area contributed by atoms with Crippen molar-refractivity contribution < 1.29 is 29.3 Å². The smallest absolute Gasteiger partial charge is 0.306 e. The Balaban J connectivity index is 0. The molecule has 1 atom stereocenters. The van der Waals surface area contributed by atoms with Gasteiger partial charge in [0.25, 0.3) is 0 Å². The van der Waals surface area contributed by atoms with Crippen LogP contribution in [0.4, 0.5) is 0 Å². The zero-order chi connectivity index (χ0) is 29.9.